The second kappa shape index (κ2) is 8.26. The van der Waals surface area contributed by atoms with E-state index in [4.69, 9.17) is 0 Å². The standard InChI is InChI=1S/C30H25OP/c1-32(2,31)26-18-16-25(17-19-26)28-21-20-27(29-10-6-7-11-30(28)29)24-14-12-23(13-15-24)22-8-4-3-5-9-22/h3-21H,1-2H3. The van der Waals surface area contributed by atoms with Gasteiger partial charge in [0.2, 0.25) is 0 Å². The van der Waals surface area contributed by atoms with Gasteiger partial charge in [0.05, 0.1) is 0 Å². The van der Waals surface area contributed by atoms with Crippen molar-refractivity contribution in [2.24, 2.45) is 0 Å². The zero-order valence-corrected chi connectivity index (χ0v) is 19.2. The Morgan fingerprint density at radius 3 is 1.34 bits per heavy atom. The van der Waals surface area contributed by atoms with Gasteiger partial charge in [0.25, 0.3) is 0 Å². The Hall–Kier alpha value is -3.41. The third-order valence-corrected chi connectivity index (χ3v) is 7.57. The van der Waals surface area contributed by atoms with Crippen molar-refractivity contribution in [2.45, 2.75) is 0 Å². The van der Waals surface area contributed by atoms with Crippen LogP contribution in [0.2, 0.25) is 0 Å². The first-order chi connectivity index (χ1) is 15.5. The molecule has 0 bridgehead atoms. The molecule has 0 fully saturated rings. The van der Waals surface area contributed by atoms with E-state index >= 15 is 0 Å². The van der Waals surface area contributed by atoms with Crippen molar-refractivity contribution in [1.82, 2.24) is 0 Å². The van der Waals surface area contributed by atoms with Gasteiger partial charge >= 0.3 is 0 Å². The van der Waals surface area contributed by atoms with Crippen molar-refractivity contribution in [3.63, 3.8) is 0 Å². The van der Waals surface area contributed by atoms with Crippen LogP contribution in [0.25, 0.3) is 44.2 Å². The molecular formula is C30H25OP. The lowest BCUT2D eigenvalue weighted by Gasteiger charge is -2.14. The number of hydrogen-bond donors (Lipinski definition) is 0. The third kappa shape index (κ3) is 3.93. The Bertz CT molecular complexity index is 1430. The van der Waals surface area contributed by atoms with E-state index in [9.17, 15) is 4.57 Å². The maximum absolute atomic E-state index is 12.4. The van der Waals surface area contributed by atoms with E-state index in [1.54, 1.807) is 0 Å². The van der Waals surface area contributed by atoms with Crippen molar-refractivity contribution < 1.29 is 4.57 Å². The van der Waals surface area contributed by atoms with Crippen LogP contribution in [0.1, 0.15) is 0 Å². The molecule has 156 valence electrons. The van der Waals surface area contributed by atoms with Gasteiger partial charge in [-0.1, -0.05) is 115 Å². The molecule has 0 aliphatic heterocycles. The summed E-state index contributed by atoms with van der Waals surface area (Å²) in [7, 11) is -2.25. The molecule has 0 heterocycles. The minimum absolute atomic E-state index is 0.917. The fraction of sp³-hybridized carbons (Fsp3) is 0.0667. The lowest BCUT2D eigenvalue weighted by Crippen LogP contribution is -2.01. The summed E-state index contributed by atoms with van der Waals surface area (Å²) in [5.41, 5.74) is 7.22. The molecule has 0 spiro atoms. The number of benzene rings is 5. The lowest BCUT2D eigenvalue weighted by molar-refractivity contribution is 0.588. The lowest BCUT2D eigenvalue weighted by atomic mass is 9.91. The molecule has 0 atom stereocenters. The molecule has 5 aromatic rings. The molecule has 0 aliphatic rings. The first-order valence-electron chi connectivity index (χ1n) is 10.8. The zero-order valence-electron chi connectivity index (χ0n) is 18.3. The van der Waals surface area contributed by atoms with Crippen LogP contribution in [-0.2, 0) is 4.57 Å². The normalized spacial score (nSPS) is 11.6. The highest BCUT2D eigenvalue weighted by Gasteiger charge is 2.13. The highest BCUT2D eigenvalue weighted by atomic mass is 31.2. The van der Waals surface area contributed by atoms with E-state index in [1.165, 1.54) is 38.6 Å². The topological polar surface area (TPSA) is 17.1 Å². The Morgan fingerprint density at radius 2 is 0.844 bits per heavy atom. The van der Waals surface area contributed by atoms with E-state index in [2.05, 4.69) is 97.1 Å². The maximum Gasteiger partial charge on any atom is 0.109 e. The van der Waals surface area contributed by atoms with Crippen molar-refractivity contribution in [2.75, 3.05) is 13.3 Å². The minimum atomic E-state index is -2.25. The molecule has 1 nitrogen and oxygen atoms in total. The van der Waals surface area contributed by atoms with E-state index in [-0.39, 0.29) is 0 Å². The molecule has 32 heavy (non-hydrogen) atoms. The third-order valence-electron chi connectivity index (χ3n) is 6.03. The summed E-state index contributed by atoms with van der Waals surface area (Å²) in [6.45, 7) is 3.63. The summed E-state index contributed by atoms with van der Waals surface area (Å²) in [6.07, 6.45) is 0. The Kier molecular flexibility index (Phi) is 5.29. The van der Waals surface area contributed by atoms with Gasteiger partial charge in [0.1, 0.15) is 7.14 Å². The molecule has 0 radical (unpaired) electrons. The van der Waals surface area contributed by atoms with Crippen molar-refractivity contribution in [1.29, 1.82) is 0 Å². The SMILES string of the molecule is CP(C)(=O)c1ccc(-c2ccc(-c3ccc(-c4ccccc4)cc3)c3ccccc23)cc1. The molecule has 0 saturated carbocycles. The molecule has 0 aromatic heterocycles. The average molecular weight is 433 g/mol. The van der Waals surface area contributed by atoms with Crippen LogP contribution in [-0.4, -0.2) is 13.3 Å². The van der Waals surface area contributed by atoms with Crippen LogP contribution in [0.4, 0.5) is 0 Å². The van der Waals surface area contributed by atoms with E-state index < -0.39 is 7.14 Å². The number of hydrogen-bond acceptors (Lipinski definition) is 1. The van der Waals surface area contributed by atoms with Crippen molar-refractivity contribution in [3.8, 4) is 33.4 Å². The minimum Gasteiger partial charge on any atom is -0.319 e. The molecular weight excluding hydrogens is 407 g/mol. The highest BCUT2D eigenvalue weighted by Crippen LogP contribution is 2.38. The highest BCUT2D eigenvalue weighted by molar-refractivity contribution is 7.70. The maximum atomic E-state index is 12.4. The van der Waals surface area contributed by atoms with Gasteiger partial charge in [-0.2, -0.15) is 0 Å². The molecule has 0 N–H and O–H groups in total. The van der Waals surface area contributed by atoms with Gasteiger partial charge in [0.15, 0.2) is 0 Å². The second-order valence-corrected chi connectivity index (χ2v) is 11.8. The smallest absolute Gasteiger partial charge is 0.109 e. The van der Waals surface area contributed by atoms with Crippen LogP contribution < -0.4 is 5.30 Å². The van der Waals surface area contributed by atoms with Crippen LogP contribution in [0.5, 0.6) is 0 Å². The molecule has 0 amide bonds. The van der Waals surface area contributed by atoms with Gasteiger partial charge in [-0.25, -0.2) is 0 Å². The average Bonchev–Trinajstić information content (AvgIpc) is 2.84. The van der Waals surface area contributed by atoms with Crippen molar-refractivity contribution in [3.05, 3.63) is 115 Å². The fourth-order valence-electron chi connectivity index (χ4n) is 4.28. The van der Waals surface area contributed by atoms with Crippen LogP contribution in [0, 0.1) is 0 Å². The Morgan fingerprint density at radius 1 is 0.438 bits per heavy atom. The first-order valence-corrected chi connectivity index (χ1v) is 13.4. The second-order valence-electron chi connectivity index (χ2n) is 8.55. The summed E-state index contributed by atoms with van der Waals surface area (Å²) in [5, 5.41) is 3.37. The van der Waals surface area contributed by atoms with E-state index in [1.807, 2.05) is 31.5 Å². The fourth-order valence-corrected chi connectivity index (χ4v) is 5.14. The molecule has 0 saturated heterocycles. The molecule has 0 unspecified atom stereocenters. The predicted octanol–water partition coefficient (Wildman–Crippen LogP) is 8.09. The number of fused-ring (bicyclic) bond motifs is 1. The molecule has 2 heteroatoms. The molecule has 5 rings (SSSR count). The zero-order chi connectivity index (χ0) is 22.1. The summed E-state index contributed by atoms with van der Waals surface area (Å²) >= 11 is 0. The van der Waals surface area contributed by atoms with E-state index in [0.29, 0.717) is 0 Å². The summed E-state index contributed by atoms with van der Waals surface area (Å²) in [5.74, 6) is 0. The quantitative estimate of drug-likeness (QED) is 0.262. The number of rotatable bonds is 4. The van der Waals surface area contributed by atoms with Gasteiger partial charge in [0, 0.05) is 5.30 Å². The summed E-state index contributed by atoms with van der Waals surface area (Å²) in [4.78, 5) is 0. The first kappa shape index (κ1) is 20.5. The summed E-state index contributed by atoms with van der Waals surface area (Å²) in [6, 6.07) is 40.4. The Labute approximate surface area is 189 Å². The molecule has 5 aromatic carbocycles. The largest absolute Gasteiger partial charge is 0.319 e. The van der Waals surface area contributed by atoms with Gasteiger partial charge < -0.3 is 4.57 Å². The predicted molar refractivity (Wildman–Crippen MR) is 139 cm³/mol. The summed E-state index contributed by atoms with van der Waals surface area (Å²) < 4.78 is 12.4. The van der Waals surface area contributed by atoms with Crippen LogP contribution in [0.15, 0.2) is 115 Å². The van der Waals surface area contributed by atoms with Crippen LogP contribution >= 0.6 is 7.14 Å². The van der Waals surface area contributed by atoms with Gasteiger partial charge in [-0.05, 0) is 57.5 Å². The Balaban J connectivity index is 1.58. The molecule has 0 aliphatic carbocycles. The van der Waals surface area contributed by atoms with Crippen molar-refractivity contribution >= 4 is 23.2 Å². The van der Waals surface area contributed by atoms with Gasteiger partial charge in [-0.15, -0.1) is 0 Å². The monoisotopic (exact) mass is 432 g/mol. The van der Waals surface area contributed by atoms with Crippen LogP contribution in [0.3, 0.4) is 0 Å². The van der Waals surface area contributed by atoms with E-state index in [0.717, 1.165) is 10.9 Å². The van der Waals surface area contributed by atoms with Gasteiger partial charge in [-0.3, -0.25) is 0 Å².